The van der Waals surface area contributed by atoms with Crippen LogP contribution >= 0.6 is 0 Å². The van der Waals surface area contributed by atoms with Crippen LogP contribution < -0.4 is 5.32 Å². The maximum atomic E-state index is 12.7. The lowest BCUT2D eigenvalue weighted by molar-refractivity contribution is -0.114. The zero-order chi connectivity index (χ0) is 20.5. The molecule has 3 rings (SSSR count). The maximum absolute atomic E-state index is 12.7. The van der Waals surface area contributed by atoms with E-state index < -0.39 is 5.60 Å². The molecule has 0 unspecified atom stereocenters. The second kappa shape index (κ2) is 7.44. The Kier molecular flexibility index (Phi) is 5.36. The zero-order valence-corrected chi connectivity index (χ0v) is 17.0. The summed E-state index contributed by atoms with van der Waals surface area (Å²) in [6.07, 6.45) is 4.60. The predicted octanol–water partition coefficient (Wildman–Crippen LogP) is 2.68. The summed E-state index contributed by atoms with van der Waals surface area (Å²) in [4.78, 5) is 40.1. The summed E-state index contributed by atoms with van der Waals surface area (Å²) in [5.41, 5.74) is -0.756. The number of nitrogens with one attached hydrogen (secondary N) is 1. The highest BCUT2D eigenvalue weighted by Crippen LogP contribution is 2.39. The Balaban J connectivity index is 1.63. The normalized spacial score (nSPS) is 19.0. The van der Waals surface area contributed by atoms with Gasteiger partial charge in [0.15, 0.2) is 5.82 Å². The van der Waals surface area contributed by atoms with Crippen molar-refractivity contribution in [3.63, 3.8) is 0 Å². The fraction of sp³-hybridized carbons (Fsp3) is 0.684. The van der Waals surface area contributed by atoms with Crippen LogP contribution in [-0.4, -0.2) is 68.4 Å². The van der Waals surface area contributed by atoms with Crippen molar-refractivity contribution >= 4 is 23.8 Å². The monoisotopic (exact) mass is 391 g/mol. The molecule has 1 aromatic heterocycles. The Morgan fingerprint density at radius 2 is 1.82 bits per heavy atom. The second-order valence-corrected chi connectivity index (χ2v) is 8.56. The first-order chi connectivity index (χ1) is 13.1. The molecule has 1 N–H and O–H groups in total. The summed E-state index contributed by atoms with van der Waals surface area (Å²) >= 11 is 0. The molecule has 0 atom stereocenters. The smallest absolute Gasteiger partial charge is 0.410 e. The average Bonchev–Trinajstić information content (AvgIpc) is 3.20. The Hall–Kier alpha value is -2.58. The fourth-order valence-electron chi connectivity index (χ4n) is 4.00. The van der Waals surface area contributed by atoms with Crippen LogP contribution in [0.4, 0.5) is 15.4 Å². The number of anilines is 1. The van der Waals surface area contributed by atoms with Gasteiger partial charge in [0.1, 0.15) is 5.60 Å². The minimum atomic E-state index is -0.525. The van der Waals surface area contributed by atoms with Crippen molar-refractivity contribution in [2.24, 2.45) is 0 Å². The van der Waals surface area contributed by atoms with Crippen LogP contribution in [0.15, 0.2) is 12.3 Å². The number of likely N-dealkylation sites (tertiary alicyclic amines) is 2. The Morgan fingerprint density at radius 3 is 2.43 bits per heavy atom. The van der Waals surface area contributed by atoms with Gasteiger partial charge in [-0.25, -0.2) is 9.59 Å². The third-order valence-electron chi connectivity index (χ3n) is 5.26. The van der Waals surface area contributed by atoms with Gasteiger partial charge in [0, 0.05) is 44.4 Å². The number of amides is 3. The summed E-state index contributed by atoms with van der Waals surface area (Å²) < 4.78 is 6.82. The van der Waals surface area contributed by atoms with Gasteiger partial charge in [-0.15, -0.1) is 5.10 Å². The number of hydrogen-bond donors (Lipinski definition) is 1. The molecule has 28 heavy (non-hydrogen) atoms. The summed E-state index contributed by atoms with van der Waals surface area (Å²) in [5.74, 6) is 0.113. The molecular weight excluding hydrogens is 362 g/mol. The van der Waals surface area contributed by atoms with Gasteiger partial charge in [0.05, 0.1) is 0 Å². The van der Waals surface area contributed by atoms with Gasteiger partial charge in [0.2, 0.25) is 5.91 Å². The molecule has 0 aromatic carbocycles. The van der Waals surface area contributed by atoms with Crippen molar-refractivity contribution in [3.05, 3.63) is 12.3 Å². The first kappa shape index (κ1) is 20.2. The van der Waals surface area contributed by atoms with Gasteiger partial charge in [-0.1, -0.05) is 0 Å². The molecule has 154 valence electrons. The van der Waals surface area contributed by atoms with Crippen molar-refractivity contribution in [1.29, 1.82) is 0 Å². The van der Waals surface area contributed by atoms with E-state index in [2.05, 4.69) is 10.4 Å². The minimum absolute atomic E-state index is 0.228. The van der Waals surface area contributed by atoms with E-state index in [0.29, 0.717) is 25.5 Å². The zero-order valence-electron chi connectivity index (χ0n) is 17.0. The van der Waals surface area contributed by atoms with E-state index in [0.717, 1.165) is 25.7 Å². The van der Waals surface area contributed by atoms with E-state index in [9.17, 15) is 14.4 Å². The molecule has 0 bridgehead atoms. The second-order valence-electron chi connectivity index (χ2n) is 8.56. The summed E-state index contributed by atoms with van der Waals surface area (Å²) in [7, 11) is 0. The lowest BCUT2D eigenvalue weighted by Crippen LogP contribution is -2.56. The molecule has 0 radical (unpaired) electrons. The third-order valence-corrected chi connectivity index (χ3v) is 5.26. The van der Waals surface area contributed by atoms with Crippen LogP contribution in [0.3, 0.4) is 0 Å². The summed E-state index contributed by atoms with van der Waals surface area (Å²) in [6.45, 7) is 8.79. The van der Waals surface area contributed by atoms with Crippen LogP contribution in [0.2, 0.25) is 0 Å². The van der Waals surface area contributed by atoms with Crippen molar-refractivity contribution in [1.82, 2.24) is 19.6 Å². The van der Waals surface area contributed by atoms with Crippen LogP contribution in [0.1, 0.15) is 53.4 Å². The molecular formula is C19H29N5O4. The Bertz CT molecular complexity index is 759. The van der Waals surface area contributed by atoms with Gasteiger partial charge in [-0.2, -0.15) is 4.68 Å². The number of ether oxygens (including phenoxy) is 1. The highest BCUT2D eigenvalue weighted by atomic mass is 16.6. The lowest BCUT2D eigenvalue weighted by atomic mass is 9.85. The Labute approximate surface area is 165 Å². The molecule has 3 amide bonds. The predicted molar refractivity (Wildman–Crippen MR) is 103 cm³/mol. The fourth-order valence-corrected chi connectivity index (χ4v) is 4.00. The number of nitrogens with zero attached hydrogens (tertiary/aromatic N) is 4. The largest absolute Gasteiger partial charge is 0.444 e. The molecule has 9 heteroatoms. The van der Waals surface area contributed by atoms with Crippen molar-refractivity contribution < 1.29 is 19.1 Å². The number of carbonyl (C=O) groups is 3. The van der Waals surface area contributed by atoms with E-state index in [4.69, 9.17) is 4.74 Å². The van der Waals surface area contributed by atoms with Crippen LogP contribution in [0, 0.1) is 0 Å². The van der Waals surface area contributed by atoms with Gasteiger partial charge >= 0.3 is 12.1 Å². The van der Waals surface area contributed by atoms with Crippen LogP contribution in [0.5, 0.6) is 0 Å². The van der Waals surface area contributed by atoms with E-state index in [1.165, 1.54) is 11.6 Å². The van der Waals surface area contributed by atoms with E-state index in [1.807, 2.05) is 25.7 Å². The van der Waals surface area contributed by atoms with E-state index >= 15 is 0 Å². The van der Waals surface area contributed by atoms with Crippen LogP contribution in [0.25, 0.3) is 0 Å². The number of piperidine rings is 1. The SMILES string of the molecule is CC(=O)Nc1ccn(C(=O)N2CCC3(CCCN3C(=O)OC(C)(C)C)CC2)n1. The van der Waals surface area contributed by atoms with Crippen molar-refractivity contribution in [2.75, 3.05) is 25.0 Å². The average molecular weight is 391 g/mol. The van der Waals surface area contributed by atoms with Crippen molar-refractivity contribution in [3.8, 4) is 0 Å². The number of carbonyl (C=O) groups excluding carboxylic acids is 3. The highest BCUT2D eigenvalue weighted by Gasteiger charge is 2.47. The number of hydrogen-bond acceptors (Lipinski definition) is 5. The van der Waals surface area contributed by atoms with Gasteiger partial charge < -0.3 is 19.9 Å². The molecule has 1 aromatic rings. The first-order valence-corrected chi connectivity index (χ1v) is 9.73. The molecule has 2 fully saturated rings. The number of aromatic nitrogens is 2. The molecule has 9 nitrogen and oxygen atoms in total. The highest BCUT2D eigenvalue weighted by molar-refractivity contribution is 5.88. The van der Waals surface area contributed by atoms with Gasteiger partial charge in [-0.05, 0) is 46.5 Å². The van der Waals surface area contributed by atoms with Gasteiger partial charge in [0.25, 0.3) is 0 Å². The molecule has 2 saturated heterocycles. The molecule has 1 spiro atoms. The van der Waals surface area contributed by atoms with E-state index in [-0.39, 0.29) is 23.6 Å². The van der Waals surface area contributed by atoms with E-state index in [1.54, 1.807) is 17.2 Å². The molecule has 0 aliphatic carbocycles. The molecule has 0 saturated carbocycles. The maximum Gasteiger partial charge on any atom is 0.410 e. The Morgan fingerprint density at radius 1 is 1.14 bits per heavy atom. The molecule has 2 aliphatic heterocycles. The standard InChI is InChI=1S/C19H29N5O4/c1-14(25)20-15-6-11-24(21-15)16(26)22-12-8-19(9-13-22)7-5-10-23(19)17(27)28-18(2,3)4/h6,11H,5,7-10,12-13H2,1-4H3,(H,20,21,25). The summed E-state index contributed by atoms with van der Waals surface area (Å²) in [6, 6.07) is 1.36. The molecule has 2 aliphatic rings. The molecule has 3 heterocycles. The van der Waals surface area contributed by atoms with Gasteiger partial charge in [-0.3, -0.25) is 4.79 Å². The third kappa shape index (κ3) is 4.28. The summed E-state index contributed by atoms with van der Waals surface area (Å²) in [5, 5.41) is 6.67. The van der Waals surface area contributed by atoms with Crippen molar-refractivity contribution in [2.45, 2.75) is 64.5 Å². The minimum Gasteiger partial charge on any atom is -0.444 e. The lowest BCUT2D eigenvalue weighted by Gasteiger charge is -2.44. The number of rotatable bonds is 1. The van der Waals surface area contributed by atoms with Crippen LogP contribution in [-0.2, 0) is 9.53 Å². The quantitative estimate of drug-likeness (QED) is 0.794. The topological polar surface area (TPSA) is 96.8 Å². The first-order valence-electron chi connectivity index (χ1n) is 9.73.